The van der Waals surface area contributed by atoms with E-state index in [9.17, 15) is 4.79 Å². The number of hydrogen-bond acceptors (Lipinski definition) is 4. The normalized spacial score (nSPS) is 11.2. The zero-order valence-electron chi connectivity index (χ0n) is 14.2. The van der Waals surface area contributed by atoms with Gasteiger partial charge in [-0.3, -0.25) is 4.79 Å². The van der Waals surface area contributed by atoms with Crippen molar-refractivity contribution in [3.05, 3.63) is 60.8 Å². The SMILES string of the molecule is O=C(CSc1nc2ccccc2o1)NCCCn1ccc2ccccc21. The third-order valence-electron chi connectivity index (χ3n) is 4.18. The van der Waals surface area contributed by atoms with Gasteiger partial charge >= 0.3 is 0 Å². The Morgan fingerprint density at radius 3 is 2.88 bits per heavy atom. The summed E-state index contributed by atoms with van der Waals surface area (Å²) >= 11 is 1.32. The fraction of sp³-hybridized carbons (Fsp3) is 0.200. The van der Waals surface area contributed by atoms with Crippen molar-refractivity contribution in [3.63, 3.8) is 0 Å². The van der Waals surface area contributed by atoms with Crippen molar-refractivity contribution in [2.75, 3.05) is 12.3 Å². The second kappa shape index (κ2) is 7.66. The van der Waals surface area contributed by atoms with Crippen LogP contribution in [-0.2, 0) is 11.3 Å². The number of benzene rings is 2. The molecule has 0 atom stereocenters. The minimum atomic E-state index is -0.00498. The Hall–Kier alpha value is -2.73. The Balaban J connectivity index is 1.21. The molecule has 6 heteroatoms. The highest BCUT2D eigenvalue weighted by molar-refractivity contribution is 7.99. The average Bonchev–Trinajstić information content (AvgIpc) is 3.27. The second-order valence-electron chi connectivity index (χ2n) is 6.01. The standard InChI is InChI=1S/C20H19N3O2S/c24-19(14-26-20-22-16-7-2-4-9-18(16)25-20)21-11-5-12-23-13-10-15-6-1-3-8-17(15)23/h1-4,6-10,13H,5,11-12,14H2,(H,21,24). The molecule has 2 heterocycles. The smallest absolute Gasteiger partial charge is 0.257 e. The van der Waals surface area contributed by atoms with E-state index in [0.29, 0.717) is 17.5 Å². The first-order valence-electron chi connectivity index (χ1n) is 8.58. The maximum atomic E-state index is 12.0. The summed E-state index contributed by atoms with van der Waals surface area (Å²) in [6, 6.07) is 18.0. The summed E-state index contributed by atoms with van der Waals surface area (Å²) in [7, 11) is 0. The maximum absolute atomic E-state index is 12.0. The molecular formula is C20H19N3O2S. The van der Waals surface area contributed by atoms with E-state index < -0.39 is 0 Å². The van der Waals surface area contributed by atoms with E-state index in [4.69, 9.17) is 4.42 Å². The van der Waals surface area contributed by atoms with Crippen molar-refractivity contribution in [2.45, 2.75) is 18.2 Å². The highest BCUT2D eigenvalue weighted by Crippen LogP contribution is 2.22. The van der Waals surface area contributed by atoms with Gasteiger partial charge in [0, 0.05) is 24.8 Å². The molecule has 0 aliphatic rings. The maximum Gasteiger partial charge on any atom is 0.257 e. The molecule has 5 nitrogen and oxygen atoms in total. The third-order valence-corrected chi connectivity index (χ3v) is 5.01. The van der Waals surface area contributed by atoms with Crippen LogP contribution >= 0.6 is 11.8 Å². The number of carbonyl (C=O) groups is 1. The number of nitrogens with zero attached hydrogens (tertiary/aromatic N) is 2. The molecule has 1 N–H and O–H groups in total. The number of aryl methyl sites for hydroxylation is 1. The van der Waals surface area contributed by atoms with Crippen LogP contribution in [-0.4, -0.2) is 27.8 Å². The summed E-state index contributed by atoms with van der Waals surface area (Å²) < 4.78 is 7.82. The quantitative estimate of drug-likeness (QED) is 0.396. The molecule has 26 heavy (non-hydrogen) atoms. The van der Waals surface area contributed by atoms with Crippen molar-refractivity contribution in [1.82, 2.24) is 14.9 Å². The lowest BCUT2D eigenvalue weighted by Gasteiger charge is -2.07. The molecule has 0 saturated heterocycles. The molecular weight excluding hydrogens is 346 g/mol. The first kappa shape index (κ1) is 16.7. The summed E-state index contributed by atoms with van der Waals surface area (Å²) in [5.41, 5.74) is 2.79. The highest BCUT2D eigenvalue weighted by Gasteiger charge is 2.08. The summed E-state index contributed by atoms with van der Waals surface area (Å²) in [5, 5.41) is 4.72. The van der Waals surface area contributed by atoms with E-state index in [0.717, 1.165) is 24.1 Å². The van der Waals surface area contributed by atoms with Crippen LogP contribution in [0.3, 0.4) is 0 Å². The highest BCUT2D eigenvalue weighted by atomic mass is 32.2. The predicted octanol–water partition coefficient (Wildman–Crippen LogP) is 4.08. The Morgan fingerprint density at radius 2 is 1.96 bits per heavy atom. The minimum absolute atomic E-state index is 0.00498. The number of hydrogen-bond donors (Lipinski definition) is 1. The topological polar surface area (TPSA) is 60.1 Å². The molecule has 0 spiro atoms. The Bertz CT molecular complexity index is 1000. The van der Waals surface area contributed by atoms with Gasteiger partial charge in [-0.25, -0.2) is 4.98 Å². The second-order valence-corrected chi connectivity index (χ2v) is 6.93. The number of amides is 1. The lowest BCUT2D eigenvalue weighted by atomic mass is 10.2. The van der Waals surface area contributed by atoms with Crippen LogP contribution < -0.4 is 5.32 Å². The zero-order valence-corrected chi connectivity index (χ0v) is 15.0. The number of para-hydroxylation sites is 3. The van der Waals surface area contributed by atoms with Gasteiger partial charge in [-0.05, 0) is 36.1 Å². The van der Waals surface area contributed by atoms with Crippen molar-refractivity contribution in [1.29, 1.82) is 0 Å². The van der Waals surface area contributed by atoms with Gasteiger partial charge in [0.05, 0.1) is 5.75 Å². The van der Waals surface area contributed by atoms with E-state index >= 15 is 0 Å². The fourth-order valence-corrected chi connectivity index (χ4v) is 3.57. The number of fused-ring (bicyclic) bond motifs is 2. The summed E-state index contributed by atoms with van der Waals surface area (Å²) in [6.07, 6.45) is 2.98. The van der Waals surface area contributed by atoms with Gasteiger partial charge in [0.1, 0.15) is 5.52 Å². The van der Waals surface area contributed by atoms with Crippen molar-refractivity contribution < 1.29 is 9.21 Å². The zero-order chi connectivity index (χ0) is 17.8. The number of oxazole rings is 1. The lowest BCUT2D eigenvalue weighted by Crippen LogP contribution is -2.26. The monoisotopic (exact) mass is 365 g/mol. The molecule has 0 unspecified atom stereocenters. The van der Waals surface area contributed by atoms with Crippen molar-refractivity contribution in [2.24, 2.45) is 0 Å². The number of nitrogens with one attached hydrogen (secondary N) is 1. The molecule has 4 rings (SSSR count). The van der Waals surface area contributed by atoms with Crippen molar-refractivity contribution >= 4 is 39.7 Å². The van der Waals surface area contributed by atoms with E-state index in [-0.39, 0.29) is 5.91 Å². The van der Waals surface area contributed by atoms with E-state index in [1.165, 1.54) is 22.7 Å². The molecule has 2 aromatic heterocycles. The van der Waals surface area contributed by atoms with Gasteiger partial charge in [-0.2, -0.15) is 0 Å². The number of carbonyl (C=O) groups excluding carboxylic acids is 1. The van der Waals surface area contributed by atoms with Gasteiger partial charge in [-0.15, -0.1) is 0 Å². The molecule has 132 valence electrons. The predicted molar refractivity (Wildman–Crippen MR) is 104 cm³/mol. The van der Waals surface area contributed by atoms with Crippen molar-refractivity contribution in [3.8, 4) is 0 Å². The number of thioether (sulfide) groups is 1. The fourth-order valence-electron chi connectivity index (χ4n) is 2.90. The first-order chi connectivity index (χ1) is 12.8. The van der Waals surface area contributed by atoms with Gasteiger partial charge in [-0.1, -0.05) is 42.1 Å². The molecule has 0 aliphatic heterocycles. The van der Waals surface area contributed by atoms with Crippen LogP contribution in [0.1, 0.15) is 6.42 Å². The van der Waals surface area contributed by atoms with E-state index in [2.05, 4.69) is 39.3 Å². The molecule has 4 aromatic rings. The van der Waals surface area contributed by atoms with Gasteiger partial charge < -0.3 is 14.3 Å². The van der Waals surface area contributed by atoms with Gasteiger partial charge in [0.25, 0.3) is 5.22 Å². The molecule has 1 amide bonds. The lowest BCUT2D eigenvalue weighted by molar-refractivity contribution is -0.118. The largest absolute Gasteiger partial charge is 0.431 e. The molecule has 0 aliphatic carbocycles. The molecule has 2 aromatic carbocycles. The average molecular weight is 365 g/mol. The number of aromatic nitrogens is 2. The Labute approximate surface area is 155 Å². The van der Waals surface area contributed by atoms with Crippen LogP contribution in [0.5, 0.6) is 0 Å². The summed E-state index contributed by atoms with van der Waals surface area (Å²) in [4.78, 5) is 16.4. The molecule has 0 bridgehead atoms. The first-order valence-corrected chi connectivity index (χ1v) is 9.57. The summed E-state index contributed by atoms with van der Waals surface area (Å²) in [5.74, 6) is 0.300. The Morgan fingerprint density at radius 1 is 1.12 bits per heavy atom. The summed E-state index contributed by atoms with van der Waals surface area (Å²) in [6.45, 7) is 1.53. The van der Waals surface area contributed by atoms with E-state index in [1.807, 2.05) is 36.4 Å². The Kier molecular flexibility index (Phi) is 4.93. The van der Waals surface area contributed by atoms with Crippen LogP contribution in [0, 0.1) is 0 Å². The van der Waals surface area contributed by atoms with Crippen LogP contribution in [0.2, 0.25) is 0 Å². The van der Waals surface area contributed by atoms with Crippen LogP contribution in [0.15, 0.2) is 70.4 Å². The van der Waals surface area contributed by atoms with Gasteiger partial charge in [0.15, 0.2) is 5.58 Å². The van der Waals surface area contributed by atoms with E-state index in [1.54, 1.807) is 0 Å². The minimum Gasteiger partial charge on any atom is -0.431 e. The molecule has 0 radical (unpaired) electrons. The molecule has 0 fully saturated rings. The van der Waals surface area contributed by atoms with Crippen LogP contribution in [0.25, 0.3) is 22.0 Å². The third kappa shape index (κ3) is 3.75. The van der Waals surface area contributed by atoms with Crippen LogP contribution in [0.4, 0.5) is 0 Å². The molecule has 0 saturated carbocycles. The number of rotatable bonds is 7. The van der Waals surface area contributed by atoms with Gasteiger partial charge in [0.2, 0.25) is 5.91 Å².